The van der Waals surface area contributed by atoms with Gasteiger partial charge in [-0.2, -0.15) is 13.2 Å². The standard InChI is InChI=1S/C25H19BrF3N5O2S/c26-17-10-12-18(13-11-17)34-21(14-30-23(36)16-6-2-1-3-7-16)32-33-24(34)37-15-22(35)31-20-9-5-4-8-19(20)25(27,28)29/h1-13H,14-15H2,(H,30,36)(H,31,35). The molecule has 4 rings (SSSR count). The number of alkyl halides is 3. The lowest BCUT2D eigenvalue weighted by molar-refractivity contribution is -0.137. The van der Waals surface area contributed by atoms with Crippen molar-refractivity contribution in [3.8, 4) is 5.69 Å². The van der Waals surface area contributed by atoms with Gasteiger partial charge in [0.1, 0.15) is 0 Å². The van der Waals surface area contributed by atoms with Crippen molar-refractivity contribution in [3.05, 3.63) is 100 Å². The molecule has 0 saturated carbocycles. The van der Waals surface area contributed by atoms with Crippen LogP contribution in [-0.4, -0.2) is 32.3 Å². The Morgan fingerprint density at radius 3 is 2.30 bits per heavy atom. The van der Waals surface area contributed by atoms with Crippen LogP contribution in [0.15, 0.2) is 88.5 Å². The number of hydrogen-bond acceptors (Lipinski definition) is 5. The molecule has 190 valence electrons. The van der Waals surface area contributed by atoms with E-state index in [1.54, 1.807) is 41.0 Å². The average molecular weight is 590 g/mol. The molecule has 0 aliphatic heterocycles. The molecule has 0 aliphatic carbocycles. The Labute approximate surface area is 222 Å². The van der Waals surface area contributed by atoms with E-state index in [0.717, 1.165) is 22.3 Å². The van der Waals surface area contributed by atoms with Crippen LogP contribution in [0, 0.1) is 0 Å². The number of halogens is 4. The normalized spacial score (nSPS) is 11.2. The molecule has 0 saturated heterocycles. The Kier molecular flexibility index (Phi) is 8.29. The van der Waals surface area contributed by atoms with E-state index in [1.165, 1.54) is 18.2 Å². The fourth-order valence-electron chi connectivity index (χ4n) is 3.36. The van der Waals surface area contributed by atoms with Crippen LogP contribution in [-0.2, 0) is 17.5 Å². The third-order valence-electron chi connectivity index (χ3n) is 5.07. The molecular weight excluding hydrogens is 571 g/mol. The molecule has 0 fully saturated rings. The number of aromatic nitrogens is 3. The molecular formula is C25H19BrF3N5O2S. The number of hydrogen-bond donors (Lipinski definition) is 2. The minimum atomic E-state index is -4.60. The number of thioether (sulfide) groups is 1. The van der Waals surface area contributed by atoms with Gasteiger partial charge in [-0.25, -0.2) is 0 Å². The van der Waals surface area contributed by atoms with Crippen molar-refractivity contribution in [3.63, 3.8) is 0 Å². The van der Waals surface area contributed by atoms with Crippen molar-refractivity contribution in [2.24, 2.45) is 0 Å². The highest BCUT2D eigenvalue weighted by molar-refractivity contribution is 9.10. The Balaban J connectivity index is 1.51. The van der Waals surface area contributed by atoms with Gasteiger partial charge in [-0.3, -0.25) is 14.2 Å². The predicted molar refractivity (Wildman–Crippen MR) is 137 cm³/mol. The molecule has 0 aliphatic rings. The third-order valence-corrected chi connectivity index (χ3v) is 6.52. The average Bonchev–Trinajstić information content (AvgIpc) is 3.29. The van der Waals surface area contributed by atoms with Crippen LogP contribution >= 0.6 is 27.7 Å². The molecule has 3 aromatic carbocycles. The van der Waals surface area contributed by atoms with Gasteiger partial charge < -0.3 is 10.6 Å². The SMILES string of the molecule is O=C(CSc1nnc(CNC(=O)c2ccccc2)n1-c1ccc(Br)cc1)Nc1ccccc1C(F)(F)F. The molecule has 7 nitrogen and oxygen atoms in total. The third kappa shape index (κ3) is 6.77. The van der Waals surface area contributed by atoms with E-state index < -0.39 is 17.6 Å². The maximum Gasteiger partial charge on any atom is 0.418 e. The van der Waals surface area contributed by atoms with Crippen LogP contribution in [0.3, 0.4) is 0 Å². The Bertz CT molecular complexity index is 1400. The van der Waals surface area contributed by atoms with E-state index in [1.807, 2.05) is 18.2 Å². The topological polar surface area (TPSA) is 88.9 Å². The van der Waals surface area contributed by atoms with Crippen molar-refractivity contribution < 1.29 is 22.8 Å². The highest BCUT2D eigenvalue weighted by Gasteiger charge is 2.33. The van der Waals surface area contributed by atoms with E-state index in [4.69, 9.17) is 0 Å². The van der Waals surface area contributed by atoms with Crippen LogP contribution in [0.5, 0.6) is 0 Å². The zero-order valence-electron chi connectivity index (χ0n) is 19.0. The van der Waals surface area contributed by atoms with Crippen LogP contribution in [0.1, 0.15) is 21.7 Å². The summed E-state index contributed by atoms with van der Waals surface area (Å²) in [5.74, 6) is -0.720. The first-order valence-electron chi connectivity index (χ1n) is 10.8. The molecule has 0 unspecified atom stereocenters. The number of para-hydroxylation sites is 1. The van der Waals surface area contributed by atoms with Gasteiger partial charge in [0.05, 0.1) is 23.5 Å². The summed E-state index contributed by atoms with van der Waals surface area (Å²) in [6.45, 7) is 0.0580. The van der Waals surface area contributed by atoms with Crippen molar-refractivity contribution >= 4 is 45.2 Å². The highest BCUT2D eigenvalue weighted by atomic mass is 79.9. The lowest BCUT2D eigenvalue weighted by Gasteiger charge is -2.14. The van der Waals surface area contributed by atoms with Gasteiger partial charge in [-0.15, -0.1) is 10.2 Å². The smallest absolute Gasteiger partial charge is 0.345 e. The van der Waals surface area contributed by atoms with Gasteiger partial charge in [0, 0.05) is 15.7 Å². The van der Waals surface area contributed by atoms with E-state index in [-0.39, 0.29) is 23.9 Å². The number of amides is 2. The monoisotopic (exact) mass is 589 g/mol. The minimum absolute atomic E-state index is 0.0580. The maximum atomic E-state index is 13.2. The largest absolute Gasteiger partial charge is 0.418 e. The Morgan fingerprint density at radius 2 is 1.59 bits per heavy atom. The molecule has 0 radical (unpaired) electrons. The number of anilines is 1. The first-order chi connectivity index (χ1) is 17.7. The number of carbonyl (C=O) groups excluding carboxylic acids is 2. The summed E-state index contributed by atoms with van der Waals surface area (Å²) in [5.41, 5.74) is -0.0767. The zero-order valence-corrected chi connectivity index (χ0v) is 21.4. The van der Waals surface area contributed by atoms with Crippen molar-refractivity contribution in [1.82, 2.24) is 20.1 Å². The number of rotatable bonds is 8. The second-order valence-corrected chi connectivity index (χ2v) is 9.50. The number of benzene rings is 3. The van der Waals surface area contributed by atoms with E-state index in [0.29, 0.717) is 22.2 Å². The summed E-state index contributed by atoms with van der Waals surface area (Å²) in [6.07, 6.45) is -4.60. The fourth-order valence-corrected chi connectivity index (χ4v) is 4.40. The summed E-state index contributed by atoms with van der Waals surface area (Å²) < 4.78 is 42.3. The van der Waals surface area contributed by atoms with Gasteiger partial charge in [0.25, 0.3) is 5.91 Å². The Hall–Kier alpha value is -3.64. The number of nitrogens with zero attached hydrogens (tertiary/aromatic N) is 3. The van der Waals surface area contributed by atoms with Gasteiger partial charge in [0.2, 0.25) is 5.91 Å². The van der Waals surface area contributed by atoms with E-state index in [2.05, 4.69) is 36.8 Å². The molecule has 0 atom stereocenters. The first kappa shape index (κ1) is 26.4. The lowest BCUT2D eigenvalue weighted by Crippen LogP contribution is -2.24. The molecule has 4 aromatic rings. The molecule has 0 spiro atoms. The molecule has 0 bridgehead atoms. The van der Waals surface area contributed by atoms with Crippen LogP contribution < -0.4 is 10.6 Å². The molecule has 12 heteroatoms. The molecule has 2 N–H and O–H groups in total. The molecule has 37 heavy (non-hydrogen) atoms. The summed E-state index contributed by atoms with van der Waals surface area (Å²) in [7, 11) is 0. The number of nitrogens with one attached hydrogen (secondary N) is 2. The minimum Gasteiger partial charge on any atom is -0.345 e. The van der Waals surface area contributed by atoms with Gasteiger partial charge >= 0.3 is 6.18 Å². The number of carbonyl (C=O) groups is 2. The van der Waals surface area contributed by atoms with E-state index >= 15 is 0 Å². The van der Waals surface area contributed by atoms with Gasteiger partial charge in [-0.05, 0) is 48.5 Å². The summed E-state index contributed by atoms with van der Waals surface area (Å²) in [5, 5.41) is 13.8. The van der Waals surface area contributed by atoms with Gasteiger partial charge in [0.15, 0.2) is 11.0 Å². The second kappa shape index (κ2) is 11.6. The Morgan fingerprint density at radius 1 is 0.919 bits per heavy atom. The summed E-state index contributed by atoms with van der Waals surface area (Å²) in [4.78, 5) is 25.0. The fraction of sp³-hybridized carbons (Fsp3) is 0.120. The second-order valence-electron chi connectivity index (χ2n) is 7.64. The molecule has 1 aromatic heterocycles. The lowest BCUT2D eigenvalue weighted by atomic mass is 10.1. The van der Waals surface area contributed by atoms with Crippen molar-refractivity contribution in [2.75, 3.05) is 11.1 Å². The van der Waals surface area contributed by atoms with Crippen LogP contribution in [0.4, 0.5) is 18.9 Å². The van der Waals surface area contributed by atoms with Crippen LogP contribution in [0.2, 0.25) is 0 Å². The van der Waals surface area contributed by atoms with Gasteiger partial charge in [-0.1, -0.05) is 58.0 Å². The van der Waals surface area contributed by atoms with Crippen molar-refractivity contribution in [1.29, 1.82) is 0 Å². The molecule has 1 heterocycles. The van der Waals surface area contributed by atoms with Crippen LogP contribution in [0.25, 0.3) is 5.69 Å². The maximum absolute atomic E-state index is 13.2. The summed E-state index contributed by atoms with van der Waals surface area (Å²) >= 11 is 4.40. The quantitative estimate of drug-likeness (QED) is 0.257. The van der Waals surface area contributed by atoms with Crippen molar-refractivity contribution in [2.45, 2.75) is 17.9 Å². The zero-order chi connectivity index (χ0) is 26.4. The molecule has 2 amide bonds. The first-order valence-corrected chi connectivity index (χ1v) is 12.6. The highest BCUT2D eigenvalue weighted by Crippen LogP contribution is 2.34. The summed E-state index contributed by atoms with van der Waals surface area (Å²) in [6, 6.07) is 20.7. The van der Waals surface area contributed by atoms with E-state index in [9.17, 15) is 22.8 Å². The predicted octanol–water partition coefficient (Wildman–Crippen LogP) is 5.71.